The SMILES string of the molecule is COC(=S)NN=C(C)C. The molecule has 0 aliphatic rings. The van der Waals surface area contributed by atoms with E-state index < -0.39 is 0 Å². The maximum Gasteiger partial charge on any atom is 0.277 e. The molecule has 9 heavy (non-hydrogen) atoms. The molecule has 0 aromatic heterocycles. The number of methoxy groups -OCH3 is 1. The van der Waals surface area contributed by atoms with Gasteiger partial charge in [-0.1, -0.05) is 0 Å². The first-order valence-electron chi connectivity index (χ1n) is 2.51. The van der Waals surface area contributed by atoms with E-state index in [4.69, 9.17) is 0 Å². The quantitative estimate of drug-likeness (QED) is 0.339. The average Bonchev–Trinajstić information content (AvgIpc) is 1.83. The Hall–Kier alpha value is -0.640. The van der Waals surface area contributed by atoms with Gasteiger partial charge in [-0.05, 0) is 26.1 Å². The number of hydrazone groups is 1. The molecule has 0 heterocycles. The molecule has 0 aliphatic carbocycles. The van der Waals surface area contributed by atoms with E-state index in [0.717, 1.165) is 5.71 Å². The number of hydrogen-bond donors (Lipinski definition) is 1. The van der Waals surface area contributed by atoms with Crippen LogP contribution in [0, 0.1) is 0 Å². The molecule has 0 aromatic carbocycles. The number of nitrogens with zero attached hydrogens (tertiary/aromatic N) is 1. The molecule has 1 N–H and O–H groups in total. The van der Waals surface area contributed by atoms with E-state index in [-0.39, 0.29) is 5.17 Å². The van der Waals surface area contributed by atoms with E-state index in [2.05, 4.69) is 27.5 Å². The Kier molecular flexibility index (Phi) is 3.96. The number of hydrogen-bond acceptors (Lipinski definition) is 3. The lowest BCUT2D eigenvalue weighted by Crippen LogP contribution is -2.17. The van der Waals surface area contributed by atoms with Gasteiger partial charge in [-0.15, -0.1) is 0 Å². The number of nitrogens with one attached hydrogen (secondary N) is 1. The summed E-state index contributed by atoms with van der Waals surface area (Å²) in [7, 11) is 1.50. The predicted molar refractivity (Wildman–Crippen MR) is 41.5 cm³/mol. The van der Waals surface area contributed by atoms with Crippen molar-refractivity contribution in [2.45, 2.75) is 13.8 Å². The van der Waals surface area contributed by atoms with Crippen LogP contribution in [0.4, 0.5) is 0 Å². The Morgan fingerprint density at radius 3 is 2.44 bits per heavy atom. The Morgan fingerprint density at radius 1 is 1.56 bits per heavy atom. The Bertz CT molecular complexity index is 129. The van der Waals surface area contributed by atoms with Crippen LogP contribution in [0.15, 0.2) is 5.10 Å². The zero-order valence-corrected chi connectivity index (χ0v) is 6.58. The summed E-state index contributed by atoms with van der Waals surface area (Å²) in [5, 5.41) is 4.08. The molecule has 0 aliphatic heterocycles. The maximum absolute atomic E-state index is 4.63. The molecule has 4 heteroatoms. The van der Waals surface area contributed by atoms with Crippen molar-refractivity contribution < 1.29 is 4.74 Å². The zero-order chi connectivity index (χ0) is 7.28. The highest BCUT2D eigenvalue weighted by Crippen LogP contribution is 1.74. The van der Waals surface area contributed by atoms with E-state index >= 15 is 0 Å². The first kappa shape index (κ1) is 8.36. The van der Waals surface area contributed by atoms with Crippen molar-refractivity contribution in [3.63, 3.8) is 0 Å². The van der Waals surface area contributed by atoms with Gasteiger partial charge in [0, 0.05) is 5.71 Å². The summed E-state index contributed by atoms with van der Waals surface area (Å²) in [4.78, 5) is 0. The summed E-state index contributed by atoms with van der Waals surface area (Å²) in [6.07, 6.45) is 0. The van der Waals surface area contributed by atoms with Gasteiger partial charge in [0.1, 0.15) is 0 Å². The molecule has 0 aromatic rings. The standard InChI is InChI=1S/C5H10N2OS/c1-4(2)6-7-5(9)8-3/h1-3H3,(H,7,9). The van der Waals surface area contributed by atoms with Gasteiger partial charge in [0.25, 0.3) is 5.17 Å². The van der Waals surface area contributed by atoms with E-state index in [9.17, 15) is 0 Å². The lowest BCUT2D eigenvalue weighted by molar-refractivity contribution is 0.394. The molecule has 0 fully saturated rings. The van der Waals surface area contributed by atoms with Crippen LogP contribution < -0.4 is 5.43 Å². The fourth-order valence-electron chi connectivity index (χ4n) is 0.203. The molecular formula is C5H10N2OS. The monoisotopic (exact) mass is 146 g/mol. The summed E-state index contributed by atoms with van der Waals surface area (Å²) in [6, 6.07) is 0. The molecule has 3 nitrogen and oxygen atoms in total. The molecule has 0 amide bonds. The molecule has 0 atom stereocenters. The largest absolute Gasteiger partial charge is 0.473 e. The van der Waals surface area contributed by atoms with Crippen molar-refractivity contribution in [2.75, 3.05) is 7.11 Å². The molecule has 0 bridgehead atoms. The van der Waals surface area contributed by atoms with Crippen LogP contribution in [-0.2, 0) is 4.74 Å². The van der Waals surface area contributed by atoms with Crippen molar-refractivity contribution in [1.29, 1.82) is 0 Å². The van der Waals surface area contributed by atoms with Crippen LogP contribution in [-0.4, -0.2) is 18.0 Å². The highest BCUT2D eigenvalue weighted by molar-refractivity contribution is 7.80. The van der Waals surface area contributed by atoms with Crippen LogP contribution in [0.5, 0.6) is 0 Å². The van der Waals surface area contributed by atoms with Gasteiger partial charge >= 0.3 is 0 Å². The number of thiocarbonyl (C=S) groups is 1. The van der Waals surface area contributed by atoms with E-state index in [1.54, 1.807) is 0 Å². The minimum absolute atomic E-state index is 0.288. The van der Waals surface area contributed by atoms with Crippen LogP contribution in [0.3, 0.4) is 0 Å². The second-order valence-corrected chi connectivity index (χ2v) is 2.03. The predicted octanol–water partition coefficient (Wildman–Crippen LogP) is 0.903. The van der Waals surface area contributed by atoms with Gasteiger partial charge in [-0.2, -0.15) is 5.10 Å². The van der Waals surface area contributed by atoms with Gasteiger partial charge < -0.3 is 4.74 Å². The van der Waals surface area contributed by atoms with Crippen molar-refractivity contribution in [1.82, 2.24) is 5.43 Å². The minimum Gasteiger partial charge on any atom is -0.473 e. The van der Waals surface area contributed by atoms with Crippen molar-refractivity contribution in [2.24, 2.45) is 5.10 Å². The molecule has 0 rings (SSSR count). The Morgan fingerprint density at radius 2 is 2.11 bits per heavy atom. The third-order valence-electron chi connectivity index (χ3n) is 0.556. The third-order valence-corrected chi connectivity index (χ3v) is 0.814. The average molecular weight is 146 g/mol. The van der Waals surface area contributed by atoms with E-state index in [0.29, 0.717) is 0 Å². The van der Waals surface area contributed by atoms with Gasteiger partial charge in [0.2, 0.25) is 0 Å². The first-order valence-corrected chi connectivity index (χ1v) is 2.92. The molecule has 0 radical (unpaired) electrons. The van der Waals surface area contributed by atoms with Gasteiger partial charge in [-0.3, -0.25) is 0 Å². The summed E-state index contributed by atoms with van der Waals surface area (Å²) in [5.41, 5.74) is 3.44. The van der Waals surface area contributed by atoms with E-state index in [1.807, 2.05) is 13.8 Å². The molecule has 52 valence electrons. The van der Waals surface area contributed by atoms with Crippen molar-refractivity contribution >= 4 is 23.1 Å². The lowest BCUT2D eigenvalue weighted by atomic mass is 10.5. The van der Waals surface area contributed by atoms with Gasteiger partial charge in [-0.25, -0.2) is 5.43 Å². The molecule has 0 saturated heterocycles. The Balaban J connectivity index is 3.50. The molecule has 0 saturated carbocycles. The fourth-order valence-corrected chi connectivity index (χ4v) is 0.249. The minimum atomic E-state index is 0.288. The summed E-state index contributed by atoms with van der Waals surface area (Å²) in [6.45, 7) is 3.73. The highest BCUT2D eigenvalue weighted by Gasteiger charge is 1.85. The topological polar surface area (TPSA) is 33.6 Å². The second-order valence-electron chi connectivity index (χ2n) is 1.66. The van der Waals surface area contributed by atoms with Crippen LogP contribution >= 0.6 is 12.2 Å². The summed E-state index contributed by atoms with van der Waals surface area (Å²) < 4.78 is 4.61. The number of ether oxygens (including phenoxy) is 1. The second kappa shape index (κ2) is 4.26. The summed E-state index contributed by atoms with van der Waals surface area (Å²) >= 11 is 4.63. The molecule has 0 spiro atoms. The van der Waals surface area contributed by atoms with Crippen molar-refractivity contribution in [3.05, 3.63) is 0 Å². The maximum atomic E-state index is 4.63. The molecule has 0 unspecified atom stereocenters. The lowest BCUT2D eigenvalue weighted by Gasteiger charge is -1.98. The first-order chi connectivity index (χ1) is 4.16. The van der Waals surface area contributed by atoms with Crippen LogP contribution in [0.1, 0.15) is 13.8 Å². The van der Waals surface area contributed by atoms with Crippen LogP contribution in [0.2, 0.25) is 0 Å². The normalized spacial score (nSPS) is 7.89. The Labute approximate surface area is 60.1 Å². The fraction of sp³-hybridized carbons (Fsp3) is 0.600. The van der Waals surface area contributed by atoms with Gasteiger partial charge in [0.15, 0.2) is 0 Å². The smallest absolute Gasteiger partial charge is 0.277 e. The summed E-state index contributed by atoms with van der Waals surface area (Å²) in [5.74, 6) is 0. The number of rotatable bonds is 1. The molecular weight excluding hydrogens is 136 g/mol. The van der Waals surface area contributed by atoms with Gasteiger partial charge in [0.05, 0.1) is 7.11 Å². The van der Waals surface area contributed by atoms with Crippen LogP contribution in [0.25, 0.3) is 0 Å². The highest BCUT2D eigenvalue weighted by atomic mass is 32.1. The third kappa shape index (κ3) is 5.23. The van der Waals surface area contributed by atoms with Crippen molar-refractivity contribution in [3.8, 4) is 0 Å². The zero-order valence-electron chi connectivity index (χ0n) is 5.76. The van der Waals surface area contributed by atoms with E-state index in [1.165, 1.54) is 7.11 Å².